The first kappa shape index (κ1) is 10.9. The second kappa shape index (κ2) is 2.94. The second-order valence-electron chi connectivity index (χ2n) is 4.93. The minimum Gasteiger partial charge on any atom is -0.480 e. The molecule has 1 unspecified atom stereocenters. The summed E-state index contributed by atoms with van der Waals surface area (Å²) in [6, 6.07) is 7.14. The second-order valence-corrected chi connectivity index (χ2v) is 4.93. The lowest BCUT2D eigenvalue weighted by molar-refractivity contribution is -0.147. The van der Waals surface area contributed by atoms with Crippen LogP contribution in [0.25, 0.3) is 0 Å². The van der Waals surface area contributed by atoms with Gasteiger partial charge in [0.2, 0.25) is 0 Å². The summed E-state index contributed by atoms with van der Waals surface area (Å²) in [6.07, 6.45) is 0. The average molecular weight is 218 g/mol. The highest BCUT2D eigenvalue weighted by atomic mass is 16.4. The minimum atomic E-state index is -1.36. The molecule has 3 nitrogen and oxygen atoms in total. The molecule has 1 aromatic carbocycles. The van der Waals surface area contributed by atoms with Crippen LogP contribution < -0.4 is 0 Å². The summed E-state index contributed by atoms with van der Waals surface area (Å²) in [5.41, 5.74) is -0.675. The number of carboxylic acids is 1. The van der Waals surface area contributed by atoms with Crippen molar-refractivity contribution in [3.8, 4) is 0 Å². The SMILES string of the molecule is CC1(C(=O)O)C(=O)c2ccccc2C1(C)C. The molecule has 0 saturated carbocycles. The number of aliphatic carboxylic acids is 1. The highest BCUT2D eigenvalue weighted by Crippen LogP contribution is 2.51. The third kappa shape index (κ3) is 0.979. The van der Waals surface area contributed by atoms with Gasteiger partial charge in [-0.2, -0.15) is 0 Å². The fourth-order valence-electron chi connectivity index (χ4n) is 2.41. The number of carboxylic acid groups (broad SMARTS) is 1. The third-order valence-corrected chi connectivity index (χ3v) is 3.98. The van der Waals surface area contributed by atoms with Crippen molar-refractivity contribution in [1.29, 1.82) is 0 Å². The highest BCUT2D eigenvalue weighted by molar-refractivity contribution is 6.17. The molecule has 0 bridgehead atoms. The molecule has 16 heavy (non-hydrogen) atoms. The number of benzene rings is 1. The van der Waals surface area contributed by atoms with E-state index in [0.29, 0.717) is 5.56 Å². The maximum atomic E-state index is 12.2. The third-order valence-electron chi connectivity index (χ3n) is 3.98. The molecule has 1 aromatic rings. The van der Waals surface area contributed by atoms with Crippen LogP contribution in [0.5, 0.6) is 0 Å². The molecule has 2 rings (SSSR count). The monoisotopic (exact) mass is 218 g/mol. The minimum absolute atomic E-state index is 0.291. The summed E-state index contributed by atoms with van der Waals surface area (Å²) in [5.74, 6) is -1.35. The van der Waals surface area contributed by atoms with Gasteiger partial charge in [0.05, 0.1) is 0 Å². The molecular formula is C13H14O3. The van der Waals surface area contributed by atoms with Crippen LogP contribution >= 0.6 is 0 Å². The van der Waals surface area contributed by atoms with Gasteiger partial charge < -0.3 is 5.11 Å². The number of ketones is 1. The number of carbonyl (C=O) groups excluding carboxylic acids is 1. The van der Waals surface area contributed by atoms with Crippen molar-refractivity contribution in [2.24, 2.45) is 5.41 Å². The quantitative estimate of drug-likeness (QED) is 0.735. The van der Waals surface area contributed by atoms with Gasteiger partial charge in [-0.25, -0.2) is 0 Å². The molecule has 84 valence electrons. The van der Waals surface area contributed by atoms with E-state index < -0.39 is 16.8 Å². The van der Waals surface area contributed by atoms with Crippen molar-refractivity contribution in [3.63, 3.8) is 0 Å². The highest BCUT2D eigenvalue weighted by Gasteiger charge is 2.60. The topological polar surface area (TPSA) is 54.4 Å². The number of hydrogen-bond donors (Lipinski definition) is 1. The molecule has 0 fully saturated rings. The smallest absolute Gasteiger partial charge is 0.318 e. The molecule has 0 spiro atoms. The van der Waals surface area contributed by atoms with Crippen molar-refractivity contribution >= 4 is 11.8 Å². The summed E-state index contributed by atoms with van der Waals surface area (Å²) < 4.78 is 0. The molecule has 0 aromatic heterocycles. The lowest BCUT2D eigenvalue weighted by Gasteiger charge is -2.33. The van der Waals surface area contributed by atoms with Gasteiger partial charge in [-0.1, -0.05) is 38.1 Å². The number of fused-ring (bicyclic) bond motifs is 1. The van der Waals surface area contributed by atoms with Crippen molar-refractivity contribution < 1.29 is 14.7 Å². The van der Waals surface area contributed by atoms with Gasteiger partial charge >= 0.3 is 5.97 Å². The van der Waals surface area contributed by atoms with Crippen LogP contribution in [0.1, 0.15) is 36.7 Å². The predicted octanol–water partition coefficient (Wildman–Crippen LogP) is 2.25. The van der Waals surface area contributed by atoms with Crippen molar-refractivity contribution in [2.75, 3.05) is 0 Å². The first-order valence-corrected chi connectivity index (χ1v) is 5.21. The lowest BCUT2D eigenvalue weighted by atomic mass is 9.67. The van der Waals surface area contributed by atoms with E-state index >= 15 is 0 Å². The van der Waals surface area contributed by atoms with E-state index in [1.807, 2.05) is 26.0 Å². The van der Waals surface area contributed by atoms with E-state index in [1.54, 1.807) is 12.1 Å². The first-order valence-electron chi connectivity index (χ1n) is 5.21. The van der Waals surface area contributed by atoms with Crippen LogP contribution in [0.3, 0.4) is 0 Å². The zero-order valence-corrected chi connectivity index (χ0v) is 9.57. The van der Waals surface area contributed by atoms with Crippen molar-refractivity contribution in [1.82, 2.24) is 0 Å². The molecule has 1 aliphatic carbocycles. The molecule has 1 N–H and O–H groups in total. The Hall–Kier alpha value is -1.64. The van der Waals surface area contributed by atoms with Crippen LogP contribution in [-0.2, 0) is 10.2 Å². The molecule has 0 saturated heterocycles. The van der Waals surface area contributed by atoms with Crippen LogP contribution in [0.4, 0.5) is 0 Å². The van der Waals surface area contributed by atoms with Gasteiger partial charge in [-0.05, 0) is 12.5 Å². The number of hydrogen-bond acceptors (Lipinski definition) is 2. The van der Waals surface area contributed by atoms with E-state index in [9.17, 15) is 14.7 Å². The molecule has 1 aliphatic rings. The van der Waals surface area contributed by atoms with E-state index in [2.05, 4.69) is 0 Å². The van der Waals surface area contributed by atoms with E-state index in [0.717, 1.165) is 5.56 Å². The fraction of sp³-hybridized carbons (Fsp3) is 0.385. The normalized spacial score (nSPS) is 26.6. The number of Topliss-reactive ketones (excluding diaryl/α,β-unsaturated/α-hetero) is 1. The van der Waals surface area contributed by atoms with E-state index in [-0.39, 0.29) is 5.78 Å². The molecule has 3 heteroatoms. The van der Waals surface area contributed by atoms with Gasteiger partial charge in [-0.3, -0.25) is 9.59 Å². The Bertz CT molecular complexity index is 488. The van der Waals surface area contributed by atoms with E-state index in [1.165, 1.54) is 6.92 Å². The molecular weight excluding hydrogens is 204 g/mol. The van der Waals surface area contributed by atoms with Gasteiger partial charge in [-0.15, -0.1) is 0 Å². The molecule has 0 amide bonds. The summed E-state index contributed by atoms with van der Waals surface area (Å²) >= 11 is 0. The molecule has 0 heterocycles. The molecule has 1 atom stereocenters. The van der Waals surface area contributed by atoms with Crippen molar-refractivity contribution in [3.05, 3.63) is 35.4 Å². The zero-order chi connectivity index (χ0) is 12.1. The zero-order valence-electron chi connectivity index (χ0n) is 9.57. The number of carbonyl (C=O) groups is 2. The molecule has 0 aliphatic heterocycles. The Morgan fingerprint density at radius 2 is 1.75 bits per heavy atom. The van der Waals surface area contributed by atoms with E-state index in [4.69, 9.17) is 0 Å². The fourth-order valence-corrected chi connectivity index (χ4v) is 2.41. The summed E-state index contributed by atoms with van der Waals surface area (Å²) in [6.45, 7) is 5.13. The Balaban J connectivity index is 2.76. The number of rotatable bonds is 1. The summed E-state index contributed by atoms with van der Waals surface area (Å²) in [4.78, 5) is 23.6. The van der Waals surface area contributed by atoms with Gasteiger partial charge in [0.25, 0.3) is 0 Å². The van der Waals surface area contributed by atoms with Gasteiger partial charge in [0, 0.05) is 11.0 Å². The largest absolute Gasteiger partial charge is 0.480 e. The maximum absolute atomic E-state index is 12.2. The average Bonchev–Trinajstić information content (AvgIpc) is 2.40. The maximum Gasteiger partial charge on any atom is 0.318 e. The van der Waals surface area contributed by atoms with Gasteiger partial charge in [0.15, 0.2) is 5.78 Å². The van der Waals surface area contributed by atoms with Crippen LogP contribution in [0.2, 0.25) is 0 Å². The van der Waals surface area contributed by atoms with Gasteiger partial charge in [0.1, 0.15) is 5.41 Å². The van der Waals surface area contributed by atoms with Crippen LogP contribution in [0, 0.1) is 5.41 Å². The van der Waals surface area contributed by atoms with Crippen LogP contribution in [-0.4, -0.2) is 16.9 Å². The Morgan fingerprint density at radius 1 is 1.19 bits per heavy atom. The first-order chi connectivity index (χ1) is 7.33. The van der Waals surface area contributed by atoms with Crippen LogP contribution in [0.15, 0.2) is 24.3 Å². The summed E-state index contributed by atoms with van der Waals surface area (Å²) in [5, 5.41) is 9.33. The molecule has 0 radical (unpaired) electrons. The lowest BCUT2D eigenvalue weighted by Crippen LogP contribution is -2.45. The Kier molecular flexibility index (Phi) is 1.99. The Morgan fingerprint density at radius 3 is 2.25 bits per heavy atom. The Labute approximate surface area is 94.1 Å². The summed E-state index contributed by atoms with van der Waals surface area (Å²) in [7, 11) is 0. The predicted molar refractivity (Wildman–Crippen MR) is 59.5 cm³/mol. The van der Waals surface area contributed by atoms with Crippen molar-refractivity contribution in [2.45, 2.75) is 26.2 Å². The standard InChI is InChI=1S/C13H14O3/c1-12(2)9-7-5-4-6-8(9)10(14)13(12,3)11(15)16/h4-7H,1-3H3,(H,15,16).